The van der Waals surface area contributed by atoms with Crippen LogP contribution in [0.2, 0.25) is 0 Å². The lowest BCUT2D eigenvalue weighted by atomic mass is 9.85. The van der Waals surface area contributed by atoms with E-state index in [4.69, 9.17) is 14.2 Å². The minimum Gasteiger partial charge on any atom is -0.491 e. The third-order valence-electron chi connectivity index (χ3n) is 9.83. The van der Waals surface area contributed by atoms with Gasteiger partial charge in [0.25, 0.3) is 0 Å². The van der Waals surface area contributed by atoms with Crippen LogP contribution in [0.15, 0.2) is 72.8 Å². The Labute approximate surface area is 337 Å². The number of aliphatic hydroxyl groups is 12. The van der Waals surface area contributed by atoms with Crippen molar-refractivity contribution in [3.8, 4) is 17.2 Å². The van der Waals surface area contributed by atoms with Crippen molar-refractivity contribution >= 4 is 0 Å². The summed E-state index contributed by atoms with van der Waals surface area (Å²) in [6.07, 6.45) is -3.05. The van der Waals surface area contributed by atoms with Gasteiger partial charge in [0.2, 0.25) is 0 Å². The van der Waals surface area contributed by atoms with Gasteiger partial charge in [0.1, 0.15) is 55.4 Å². The smallest absolute Gasteiger partial charge is 0.119 e. The minimum atomic E-state index is -1.34. The van der Waals surface area contributed by atoms with Crippen molar-refractivity contribution in [2.45, 2.75) is 40.8 Å². The quantitative estimate of drug-likeness (QED) is 0.0285. The molecular weight excluding hydrogens is 762 g/mol. The summed E-state index contributed by atoms with van der Waals surface area (Å²) >= 11 is 0. The monoisotopic (exact) mass is 823 g/mol. The zero-order valence-electron chi connectivity index (χ0n) is 32.4. The van der Waals surface area contributed by atoms with Crippen LogP contribution in [0, 0.1) is 0 Å². The summed E-state index contributed by atoms with van der Waals surface area (Å²) < 4.78 is 17.3. The lowest BCUT2D eigenvalue weighted by molar-refractivity contribution is 0.0257. The largest absolute Gasteiger partial charge is 0.491 e. The molecule has 0 radical (unpaired) electrons. The molecule has 0 heterocycles. The molecule has 58 heavy (non-hydrogen) atoms. The second kappa shape index (κ2) is 24.5. The molecule has 0 aliphatic carbocycles. The van der Waals surface area contributed by atoms with E-state index in [-0.39, 0.29) is 45.4 Å². The molecule has 3 aromatic rings. The summed E-state index contributed by atoms with van der Waals surface area (Å²) in [5.74, 6) is 1.09. The van der Waals surface area contributed by atoms with E-state index >= 15 is 0 Å². The van der Waals surface area contributed by atoms with Gasteiger partial charge in [-0.2, -0.15) is 0 Å². The van der Waals surface area contributed by atoms with Gasteiger partial charge in [-0.3, -0.25) is 0 Å². The van der Waals surface area contributed by atoms with Crippen molar-refractivity contribution in [3.05, 3.63) is 89.5 Å². The van der Waals surface area contributed by atoms with Gasteiger partial charge in [-0.15, -0.1) is 0 Å². The normalized spacial score (nSPS) is 14.5. The first-order valence-corrected chi connectivity index (χ1v) is 18.9. The number of benzene rings is 3. The molecule has 18 heteroatoms. The van der Waals surface area contributed by atoms with Gasteiger partial charge in [-0.05, 0) is 53.1 Å². The summed E-state index contributed by atoms with van der Waals surface area (Å²) in [6, 6.07) is 21.7. The van der Waals surface area contributed by atoms with Gasteiger partial charge in [0, 0.05) is 25.6 Å². The molecular formula is C40H61N3O15. The molecule has 3 rings (SSSR count). The van der Waals surface area contributed by atoms with Gasteiger partial charge >= 0.3 is 0 Å². The van der Waals surface area contributed by atoms with Crippen LogP contribution in [-0.4, -0.2) is 195 Å². The number of aliphatic hydroxyl groups excluding tert-OH is 12. The van der Waals surface area contributed by atoms with Crippen molar-refractivity contribution < 1.29 is 75.5 Å². The Bertz CT molecular complexity index is 1330. The van der Waals surface area contributed by atoms with Crippen LogP contribution >= 0.6 is 0 Å². The van der Waals surface area contributed by atoms with Crippen LogP contribution in [0.25, 0.3) is 0 Å². The zero-order valence-corrected chi connectivity index (χ0v) is 32.4. The molecule has 0 amide bonds. The lowest BCUT2D eigenvalue weighted by Gasteiger charge is -2.30. The Morgan fingerprint density at radius 1 is 0.362 bits per heavy atom. The maximum absolute atomic E-state index is 10.4. The van der Waals surface area contributed by atoms with E-state index in [2.05, 4.69) is 16.0 Å². The summed E-state index contributed by atoms with van der Waals surface area (Å²) in [5, 5.41) is 125. The van der Waals surface area contributed by atoms with Crippen LogP contribution in [0.1, 0.15) is 22.6 Å². The van der Waals surface area contributed by atoms with E-state index in [1.165, 1.54) is 0 Å². The Kier molecular flexibility index (Phi) is 20.6. The fraction of sp³-hybridized carbons (Fsp3) is 0.550. The molecule has 0 aliphatic heterocycles. The summed E-state index contributed by atoms with van der Waals surface area (Å²) in [4.78, 5) is 0. The standard InChI is InChI=1S/C40H61N3O15/c44-19-38(20-45,21-46)41-13-31(53)16-56-34-7-1-28(2-8-34)37(29-3-9-35(10-4-29)57-17-32(54)14-42-39(22-47,23-48)24-49)30-5-11-36(12-6-30)58-18-33(55)15-43-40(25-50,26-51)27-52/h1-12,31-33,37,41-55H,13-27H2. The maximum atomic E-state index is 10.4. The maximum Gasteiger partial charge on any atom is 0.119 e. The highest BCUT2D eigenvalue weighted by molar-refractivity contribution is 5.47. The fourth-order valence-corrected chi connectivity index (χ4v) is 5.56. The molecule has 326 valence electrons. The van der Waals surface area contributed by atoms with Crippen molar-refractivity contribution in [1.29, 1.82) is 0 Å². The van der Waals surface area contributed by atoms with Crippen molar-refractivity contribution in [2.24, 2.45) is 0 Å². The molecule has 15 N–H and O–H groups in total. The first-order chi connectivity index (χ1) is 27.9. The molecule has 3 atom stereocenters. The highest BCUT2D eigenvalue weighted by atomic mass is 16.5. The lowest BCUT2D eigenvalue weighted by Crippen LogP contribution is -2.57. The molecule has 18 nitrogen and oxygen atoms in total. The molecule has 0 saturated carbocycles. The second-order valence-electron chi connectivity index (χ2n) is 14.4. The van der Waals surface area contributed by atoms with Crippen LogP contribution < -0.4 is 30.2 Å². The number of hydrogen-bond acceptors (Lipinski definition) is 18. The van der Waals surface area contributed by atoms with Crippen LogP contribution in [0.3, 0.4) is 0 Å². The van der Waals surface area contributed by atoms with Gasteiger partial charge in [-0.1, -0.05) is 36.4 Å². The number of hydrogen-bond donors (Lipinski definition) is 15. The van der Waals surface area contributed by atoms with Crippen molar-refractivity contribution in [2.75, 3.05) is 98.9 Å². The Morgan fingerprint density at radius 3 is 0.759 bits per heavy atom. The average molecular weight is 824 g/mol. The van der Waals surface area contributed by atoms with Gasteiger partial charge < -0.3 is 91.4 Å². The predicted molar refractivity (Wildman–Crippen MR) is 211 cm³/mol. The second-order valence-corrected chi connectivity index (χ2v) is 14.4. The third kappa shape index (κ3) is 14.3. The molecule has 3 aromatic carbocycles. The van der Waals surface area contributed by atoms with Crippen LogP contribution in [0.4, 0.5) is 0 Å². The number of ether oxygens (including phenoxy) is 3. The highest BCUT2D eigenvalue weighted by Gasteiger charge is 2.30. The fourth-order valence-electron chi connectivity index (χ4n) is 5.56. The van der Waals surface area contributed by atoms with E-state index in [1.807, 2.05) is 36.4 Å². The molecule has 0 aromatic heterocycles. The number of β-amino-alcohol motifs (C(OH)–C–C–N with tert-alkyl or cyclic N) is 3. The van der Waals surface area contributed by atoms with E-state index < -0.39 is 94.4 Å². The van der Waals surface area contributed by atoms with Gasteiger partial charge in [-0.25, -0.2) is 0 Å². The van der Waals surface area contributed by atoms with Crippen molar-refractivity contribution in [3.63, 3.8) is 0 Å². The van der Waals surface area contributed by atoms with E-state index in [9.17, 15) is 61.3 Å². The molecule has 0 aliphatic rings. The van der Waals surface area contributed by atoms with Crippen molar-refractivity contribution in [1.82, 2.24) is 16.0 Å². The molecule has 0 saturated heterocycles. The zero-order chi connectivity index (χ0) is 42.6. The summed E-state index contributed by atoms with van der Waals surface area (Å²) in [7, 11) is 0. The Morgan fingerprint density at radius 2 is 0.569 bits per heavy atom. The van der Waals surface area contributed by atoms with Crippen LogP contribution in [-0.2, 0) is 0 Å². The number of nitrogens with one attached hydrogen (secondary N) is 3. The molecule has 3 unspecified atom stereocenters. The van der Waals surface area contributed by atoms with E-state index in [0.29, 0.717) is 17.2 Å². The first-order valence-electron chi connectivity index (χ1n) is 18.9. The molecule has 0 bridgehead atoms. The molecule has 0 spiro atoms. The van der Waals surface area contributed by atoms with E-state index in [1.54, 1.807) is 36.4 Å². The van der Waals surface area contributed by atoms with E-state index in [0.717, 1.165) is 16.7 Å². The Hall–Kier alpha value is -3.54. The Balaban J connectivity index is 1.74. The SMILES string of the molecule is OCC(CO)(CO)NCC(O)COc1ccc(C(c2ccc(OCC(O)CNC(CO)(CO)CO)cc2)c2ccc(OCC(O)CNC(CO)(CO)CO)cc2)cc1. The predicted octanol–water partition coefficient (Wildman–Crippen LogP) is -4.00. The van der Waals surface area contributed by atoms with Gasteiger partial charge in [0.15, 0.2) is 0 Å². The summed E-state index contributed by atoms with van der Waals surface area (Å²) in [6.45, 7) is -5.24. The van der Waals surface area contributed by atoms with Gasteiger partial charge in [0.05, 0.1) is 76.1 Å². The van der Waals surface area contributed by atoms with Crippen LogP contribution in [0.5, 0.6) is 17.2 Å². The molecule has 0 fully saturated rings. The third-order valence-corrected chi connectivity index (χ3v) is 9.83. The first kappa shape index (κ1) is 48.8. The average Bonchev–Trinajstić information content (AvgIpc) is 3.27. The summed E-state index contributed by atoms with van der Waals surface area (Å²) in [5.41, 5.74) is -1.39. The highest BCUT2D eigenvalue weighted by Crippen LogP contribution is 2.35. The minimum absolute atomic E-state index is 0.0529. The topological polar surface area (TPSA) is 307 Å². The number of rotatable bonds is 30.